The van der Waals surface area contributed by atoms with Gasteiger partial charge in [0, 0.05) is 6.54 Å². The fourth-order valence-electron chi connectivity index (χ4n) is 4.69. The summed E-state index contributed by atoms with van der Waals surface area (Å²) in [5.41, 5.74) is 0.893. The topological polar surface area (TPSA) is 66.2 Å². The van der Waals surface area contributed by atoms with Crippen LogP contribution in [-0.4, -0.2) is 50.3 Å². The van der Waals surface area contributed by atoms with Crippen molar-refractivity contribution in [3.05, 3.63) is 59.8 Å². The Hall–Kier alpha value is -2.45. The molecule has 2 aromatic rings. The first-order chi connectivity index (χ1) is 13.5. The average molecular weight is 402 g/mol. The zero-order chi connectivity index (χ0) is 19.4. The van der Waals surface area contributed by atoms with Crippen molar-refractivity contribution in [2.75, 3.05) is 0 Å². The van der Waals surface area contributed by atoms with E-state index in [4.69, 9.17) is 21.4 Å². The number of carbonyl (C=O) groups is 1. The zero-order valence-corrected chi connectivity index (χ0v) is 15.7. The van der Waals surface area contributed by atoms with Gasteiger partial charge in [-0.3, -0.25) is 4.79 Å². The van der Waals surface area contributed by atoms with Crippen LogP contribution in [0.3, 0.4) is 0 Å². The first kappa shape index (κ1) is 17.6. The molecule has 1 aliphatic carbocycles. The van der Waals surface area contributed by atoms with E-state index in [0.717, 1.165) is 11.3 Å². The van der Waals surface area contributed by atoms with Crippen molar-refractivity contribution in [3.63, 3.8) is 0 Å². The quantitative estimate of drug-likeness (QED) is 0.620. The van der Waals surface area contributed by atoms with Crippen LogP contribution < -0.4 is 0 Å². The van der Waals surface area contributed by atoms with E-state index in [2.05, 4.69) is 0 Å². The Morgan fingerprint density at radius 1 is 1.14 bits per heavy atom. The molecule has 1 N–H and O–H groups in total. The lowest BCUT2D eigenvalue weighted by atomic mass is 9.74. The predicted octanol–water partition coefficient (Wildman–Crippen LogP) is 2.06. The van der Waals surface area contributed by atoms with Crippen LogP contribution >= 0.6 is 12.2 Å². The number of ether oxygens (including phenoxy) is 1. The van der Waals surface area contributed by atoms with Crippen LogP contribution in [0, 0.1) is 11.7 Å². The number of aliphatic hydroxyl groups excluding tert-OH is 1. The van der Waals surface area contributed by atoms with Crippen LogP contribution in [-0.2, 0) is 22.6 Å². The standard InChI is InChI=1S/C20H19FN2O4S/c21-12-5-3-11(4-6-12)9-22-17-16(14-8-15(24)18(17)27-19(14)25)23(20(22)28)10-13-2-1-7-26-13/h1-7,14-18,24H,8-10H2/t14-,15+,16+,17+,18-/m0/s1. The van der Waals surface area contributed by atoms with Crippen molar-refractivity contribution in [1.82, 2.24) is 9.80 Å². The summed E-state index contributed by atoms with van der Waals surface area (Å²) in [5.74, 6) is -0.283. The number of esters is 1. The summed E-state index contributed by atoms with van der Waals surface area (Å²) < 4.78 is 24.3. The third-order valence-electron chi connectivity index (χ3n) is 5.91. The van der Waals surface area contributed by atoms with Gasteiger partial charge in [-0.25, -0.2) is 4.39 Å². The number of hydrogen-bond donors (Lipinski definition) is 1. The second-order valence-corrected chi connectivity index (χ2v) is 7.90. The van der Waals surface area contributed by atoms with Gasteiger partial charge in [-0.15, -0.1) is 0 Å². The fourth-order valence-corrected chi connectivity index (χ4v) is 5.06. The van der Waals surface area contributed by atoms with E-state index in [1.807, 2.05) is 21.9 Å². The highest BCUT2D eigenvalue weighted by Crippen LogP contribution is 2.45. The van der Waals surface area contributed by atoms with Gasteiger partial charge in [0.15, 0.2) is 5.11 Å². The van der Waals surface area contributed by atoms with E-state index in [1.165, 1.54) is 12.1 Å². The second-order valence-electron chi connectivity index (χ2n) is 7.54. The minimum Gasteiger partial charge on any atom is -0.467 e. The molecule has 0 unspecified atom stereocenters. The summed E-state index contributed by atoms with van der Waals surface area (Å²) in [6, 6.07) is 9.49. The summed E-state index contributed by atoms with van der Waals surface area (Å²) in [5, 5.41) is 11.1. The van der Waals surface area contributed by atoms with Gasteiger partial charge < -0.3 is 24.1 Å². The normalized spacial score (nSPS) is 31.3. The van der Waals surface area contributed by atoms with Crippen molar-refractivity contribution in [2.24, 2.45) is 5.92 Å². The van der Waals surface area contributed by atoms with E-state index < -0.39 is 18.1 Å². The molecule has 1 aromatic heterocycles. The maximum Gasteiger partial charge on any atom is 0.311 e. The van der Waals surface area contributed by atoms with E-state index in [0.29, 0.717) is 24.6 Å². The molecule has 28 heavy (non-hydrogen) atoms. The van der Waals surface area contributed by atoms with Gasteiger partial charge in [0.1, 0.15) is 17.7 Å². The molecule has 1 saturated carbocycles. The summed E-state index contributed by atoms with van der Waals surface area (Å²) in [6.07, 6.45) is 0.619. The molecule has 8 heteroatoms. The van der Waals surface area contributed by atoms with Gasteiger partial charge in [0.2, 0.25) is 0 Å². The highest BCUT2D eigenvalue weighted by Gasteiger charge is 2.62. The van der Waals surface area contributed by atoms with Crippen LogP contribution in [0.25, 0.3) is 0 Å². The first-order valence-electron chi connectivity index (χ1n) is 9.25. The van der Waals surface area contributed by atoms with Gasteiger partial charge in [0.05, 0.1) is 36.9 Å². The van der Waals surface area contributed by atoms with Crippen LogP contribution in [0.5, 0.6) is 0 Å². The number of halogens is 1. The van der Waals surface area contributed by atoms with Crippen LogP contribution in [0.15, 0.2) is 47.1 Å². The van der Waals surface area contributed by atoms with E-state index >= 15 is 0 Å². The molecule has 146 valence electrons. The maximum absolute atomic E-state index is 13.3. The Morgan fingerprint density at radius 3 is 2.61 bits per heavy atom. The monoisotopic (exact) mass is 402 g/mol. The Kier molecular flexibility index (Phi) is 4.13. The van der Waals surface area contributed by atoms with Crippen molar-refractivity contribution in [1.29, 1.82) is 0 Å². The third kappa shape index (κ3) is 2.70. The minimum atomic E-state index is -0.717. The molecule has 6 rings (SSSR count). The maximum atomic E-state index is 13.3. The van der Waals surface area contributed by atoms with Gasteiger partial charge in [0.25, 0.3) is 0 Å². The molecule has 3 aliphatic heterocycles. The minimum absolute atomic E-state index is 0.187. The number of furan rings is 1. The lowest BCUT2D eigenvalue weighted by Crippen LogP contribution is -2.66. The number of aliphatic hydroxyl groups is 1. The number of benzene rings is 1. The van der Waals surface area contributed by atoms with E-state index in [-0.39, 0.29) is 23.9 Å². The summed E-state index contributed by atoms with van der Waals surface area (Å²) in [7, 11) is 0. The largest absolute Gasteiger partial charge is 0.467 e. The smallest absolute Gasteiger partial charge is 0.311 e. The molecule has 6 nitrogen and oxygen atoms in total. The molecule has 0 radical (unpaired) electrons. The zero-order valence-electron chi connectivity index (χ0n) is 14.9. The number of rotatable bonds is 4. The molecule has 0 spiro atoms. The Morgan fingerprint density at radius 2 is 1.89 bits per heavy atom. The first-order valence-corrected chi connectivity index (χ1v) is 9.66. The molecule has 3 saturated heterocycles. The average Bonchev–Trinajstić information content (AvgIpc) is 3.28. The number of nitrogens with zero attached hydrogens (tertiary/aromatic N) is 2. The van der Waals surface area contributed by atoms with Gasteiger partial charge in [-0.05, 0) is 48.5 Å². The van der Waals surface area contributed by atoms with E-state index in [9.17, 15) is 14.3 Å². The molecule has 0 amide bonds. The van der Waals surface area contributed by atoms with Gasteiger partial charge >= 0.3 is 5.97 Å². The lowest BCUT2D eigenvalue weighted by Gasteiger charge is -2.49. The van der Waals surface area contributed by atoms with Crippen molar-refractivity contribution < 1.29 is 23.4 Å². The third-order valence-corrected chi connectivity index (χ3v) is 6.38. The molecular formula is C20H19FN2O4S. The molecular weight excluding hydrogens is 383 g/mol. The Labute approximate surface area is 166 Å². The molecule has 4 fully saturated rings. The van der Waals surface area contributed by atoms with Crippen LogP contribution in [0.4, 0.5) is 4.39 Å². The van der Waals surface area contributed by atoms with Gasteiger partial charge in [-0.1, -0.05) is 12.1 Å². The Balaban J connectivity index is 1.50. The van der Waals surface area contributed by atoms with Crippen molar-refractivity contribution >= 4 is 23.3 Å². The molecule has 4 aliphatic rings. The number of hydrogen-bond acceptors (Lipinski definition) is 5. The second kappa shape index (κ2) is 6.56. The predicted molar refractivity (Wildman–Crippen MR) is 100 cm³/mol. The van der Waals surface area contributed by atoms with E-state index in [1.54, 1.807) is 18.4 Å². The SMILES string of the molecule is O=C1O[C@@H]2[C@H]3[C@@H]([C@@H]1C[C@H]2O)N(Cc1ccco1)C(=S)N3Cc1ccc(F)cc1. The summed E-state index contributed by atoms with van der Waals surface area (Å²) in [6.45, 7) is 0.891. The van der Waals surface area contributed by atoms with Crippen molar-refractivity contribution in [3.8, 4) is 0 Å². The van der Waals surface area contributed by atoms with Crippen LogP contribution in [0.2, 0.25) is 0 Å². The lowest BCUT2D eigenvalue weighted by molar-refractivity contribution is -0.199. The van der Waals surface area contributed by atoms with Gasteiger partial charge in [-0.2, -0.15) is 0 Å². The highest BCUT2D eigenvalue weighted by molar-refractivity contribution is 7.80. The highest BCUT2D eigenvalue weighted by atomic mass is 32.1. The molecule has 5 atom stereocenters. The van der Waals surface area contributed by atoms with Crippen LogP contribution in [0.1, 0.15) is 17.7 Å². The molecule has 2 bridgehead atoms. The van der Waals surface area contributed by atoms with Crippen molar-refractivity contribution in [2.45, 2.75) is 43.8 Å². The summed E-state index contributed by atoms with van der Waals surface area (Å²) in [4.78, 5) is 16.4. The molecule has 1 aromatic carbocycles. The summed E-state index contributed by atoms with van der Waals surface area (Å²) >= 11 is 5.77. The number of carbonyl (C=O) groups excluding carboxylic acids is 1. The Bertz CT molecular complexity index is 903. The molecule has 4 heterocycles. The number of thiocarbonyl (C=S) groups is 1. The fraction of sp³-hybridized carbons (Fsp3) is 0.400. The number of fused-ring (bicyclic) bond motifs is 2.